The van der Waals surface area contributed by atoms with Gasteiger partial charge in [-0.1, -0.05) is 12.1 Å². The van der Waals surface area contributed by atoms with Crippen molar-refractivity contribution in [3.05, 3.63) is 34.7 Å². The first-order valence-corrected chi connectivity index (χ1v) is 6.91. The zero-order valence-corrected chi connectivity index (χ0v) is 12.4. The van der Waals surface area contributed by atoms with E-state index >= 15 is 0 Å². The number of para-hydroxylation sites is 2. The summed E-state index contributed by atoms with van der Waals surface area (Å²) in [5.41, 5.74) is 1.56. The SMILES string of the molecule is Cl.O=C(NCCn1c(=O)[nH]c2ccccc21)C1CCNC1. The van der Waals surface area contributed by atoms with Crippen molar-refractivity contribution in [2.45, 2.75) is 13.0 Å². The number of halogens is 1. The molecule has 1 unspecified atom stereocenters. The van der Waals surface area contributed by atoms with Crippen LogP contribution in [-0.2, 0) is 11.3 Å². The highest BCUT2D eigenvalue weighted by molar-refractivity contribution is 5.85. The fourth-order valence-electron chi connectivity index (χ4n) is 2.64. The molecule has 114 valence electrons. The van der Waals surface area contributed by atoms with E-state index in [0.29, 0.717) is 13.1 Å². The number of benzene rings is 1. The van der Waals surface area contributed by atoms with Crippen LogP contribution in [0.5, 0.6) is 0 Å². The summed E-state index contributed by atoms with van der Waals surface area (Å²) in [6, 6.07) is 7.55. The van der Waals surface area contributed by atoms with Crippen LogP contribution >= 0.6 is 12.4 Å². The van der Waals surface area contributed by atoms with Crippen LogP contribution in [0.1, 0.15) is 6.42 Å². The Balaban J connectivity index is 0.00000161. The molecule has 1 fully saturated rings. The number of hydrogen-bond donors (Lipinski definition) is 3. The van der Waals surface area contributed by atoms with Crippen LogP contribution in [0.2, 0.25) is 0 Å². The molecule has 21 heavy (non-hydrogen) atoms. The van der Waals surface area contributed by atoms with Gasteiger partial charge in [-0.05, 0) is 25.1 Å². The Hall–Kier alpha value is -1.79. The average Bonchev–Trinajstić information content (AvgIpc) is 3.07. The zero-order chi connectivity index (χ0) is 13.9. The maximum absolute atomic E-state index is 11.9. The third kappa shape index (κ3) is 3.28. The van der Waals surface area contributed by atoms with Gasteiger partial charge >= 0.3 is 5.69 Å². The minimum atomic E-state index is -0.136. The van der Waals surface area contributed by atoms with Gasteiger partial charge < -0.3 is 15.6 Å². The van der Waals surface area contributed by atoms with E-state index in [1.54, 1.807) is 4.57 Å². The van der Waals surface area contributed by atoms with Gasteiger partial charge in [0.1, 0.15) is 0 Å². The Labute approximate surface area is 128 Å². The number of H-pyrrole nitrogens is 1. The van der Waals surface area contributed by atoms with Gasteiger partial charge in [0.2, 0.25) is 5.91 Å². The number of nitrogens with zero attached hydrogens (tertiary/aromatic N) is 1. The smallest absolute Gasteiger partial charge is 0.326 e. The number of amides is 1. The number of aromatic nitrogens is 2. The van der Waals surface area contributed by atoms with Crippen molar-refractivity contribution in [1.82, 2.24) is 20.2 Å². The Morgan fingerprint density at radius 2 is 2.19 bits per heavy atom. The highest BCUT2D eigenvalue weighted by Crippen LogP contribution is 2.09. The second-order valence-electron chi connectivity index (χ2n) is 5.08. The molecule has 3 rings (SSSR count). The van der Waals surface area contributed by atoms with Crippen LogP contribution in [0.15, 0.2) is 29.1 Å². The molecule has 1 atom stereocenters. The third-order valence-electron chi connectivity index (χ3n) is 3.75. The van der Waals surface area contributed by atoms with Gasteiger partial charge in [-0.25, -0.2) is 4.79 Å². The van der Waals surface area contributed by atoms with Crippen molar-refractivity contribution in [2.24, 2.45) is 5.92 Å². The first kappa shape index (κ1) is 15.6. The van der Waals surface area contributed by atoms with Crippen LogP contribution in [0.3, 0.4) is 0 Å². The molecule has 7 heteroatoms. The fourth-order valence-corrected chi connectivity index (χ4v) is 2.64. The van der Waals surface area contributed by atoms with Gasteiger partial charge in [0, 0.05) is 19.6 Å². The van der Waals surface area contributed by atoms with Crippen LogP contribution in [0.25, 0.3) is 11.0 Å². The molecule has 2 heterocycles. The van der Waals surface area contributed by atoms with E-state index in [-0.39, 0.29) is 29.9 Å². The Morgan fingerprint density at radius 3 is 2.95 bits per heavy atom. The van der Waals surface area contributed by atoms with Gasteiger partial charge in [0.05, 0.1) is 17.0 Å². The molecule has 1 aromatic carbocycles. The molecule has 1 aliphatic rings. The summed E-state index contributed by atoms with van der Waals surface area (Å²) in [6.45, 7) is 2.60. The summed E-state index contributed by atoms with van der Waals surface area (Å²) in [5, 5.41) is 6.07. The molecule has 6 nitrogen and oxygen atoms in total. The lowest BCUT2D eigenvalue weighted by Crippen LogP contribution is -2.35. The van der Waals surface area contributed by atoms with Crippen molar-refractivity contribution >= 4 is 29.3 Å². The fraction of sp³-hybridized carbons (Fsp3) is 0.429. The lowest BCUT2D eigenvalue weighted by molar-refractivity contribution is -0.124. The van der Waals surface area contributed by atoms with E-state index in [0.717, 1.165) is 30.5 Å². The number of carbonyl (C=O) groups excluding carboxylic acids is 1. The second kappa shape index (κ2) is 6.78. The molecule has 0 radical (unpaired) electrons. The van der Waals surface area contributed by atoms with E-state index in [1.807, 2.05) is 24.3 Å². The molecular formula is C14H19ClN4O2. The molecule has 0 saturated carbocycles. The molecule has 1 aliphatic heterocycles. The van der Waals surface area contributed by atoms with Gasteiger partial charge in [-0.15, -0.1) is 12.4 Å². The number of fused-ring (bicyclic) bond motifs is 1. The topological polar surface area (TPSA) is 78.9 Å². The van der Waals surface area contributed by atoms with E-state index in [9.17, 15) is 9.59 Å². The van der Waals surface area contributed by atoms with E-state index in [4.69, 9.17) is 0 Å². The molecule has 0 aliphatic carbocycles. The number of aromatic amines is 1. The van der Waals surface area contributed by atoms with Gasteiger partial charge in [0.15, 0.2) is 0 Å². The summed E-state index contributed by atoms with van der Waals surface area (Å²) in [7, 11) is 0. The number of hydrogen-bond acceptors (Lipinski definition) is 3. The minimum absolute atomic E-state index is 0. The number of nitrogens with one attached hydrogen (secondary N) is 3. The lowest BCUT2D eigenvalue weighted by atomic mass is 10.1. The van der Waals surface area contributed by atoms with Gasteiger partial charge in [0.25, 0.3) is 0 Å². The maximum Gasteiger partial charge on any atom is 0.326 e. The van der Waals surface area contributed by atoms with Gasteiger partial charge in [-0.3, -0.25) is 9.36 Å². The molecule has 1 aromatic heterocycles. The van der Waals surface area contributed by atoms with Crippen molar-refractivity contribution < 1.29 is 4.79 Å². The molecule has 1 amide bonds. The third-order valence-corrected chi connectivity index (χ3v) is 3.75. The Morgan fingerprint density at radius 1 is 1.38 bits per heavy atom. The second-order valence-corrected chi connectivity index (χ2v) is 5.08. The van der Waals surface area contributed by atoms with Crippen molar-refractivity contribution in [2.75, 3.05) is 19.6 Å². The monoisotopic (exact) mass is 310 g/mol. The Kier molecular flexibility index (Phi) is 5.03. The summed E-state index contributed by atoms with van der Waals surface area (Å²) in [6.07, 6.45) is 0.888. The summed E-state index contributed by atoms with van der Waals surface area (Å²) in [5.74, 6) is 0.137. The van der Waals surface area contributed by atoms with Crippen molar-refractivity contribution in [1.29, 1.82) is 0 Å². The van der Waals surface area contributed by atoms with E-state index in [1.165, 1.54) is 0 Å². The largest absolute Gasteiger partial charge is 0.354 e. The number of carbonyl (C=O) groups is 1. The lowest BCUT2D eigenvalue weighted by Gasteiger charge is -2.10. The van der Waals surface area contributed by atoms with Crippen LogP contribution < -0.4 is 16.3 Å². The summed E-state index contributed by atoms with van der Waals surface area (Å²) in [4.78, 5) is 26.5. The van der Waals surface area contributed by atoms with Crippen LogP contribution in [0, 0.1) is 5.92 Å². The highest BCUT2D eigenvalue weighted by Gasteiger charge is 2.21. The standard InChI is InChI=1S/C14H18N4O2.ClH/c19-13(10-5-6-15-9-10)16-7-8-18-12-4-2-1-3-11(12)17-14(18)20;/h1-4,10,15H,5-9H2,(H,16,19)(H,17,20);1H. The number of imidazole rings is 1. The summed E-state index contributed by atoms with van der Waals surface area (Å²) >= 11 is 0. The molecular weight excluding hydrogens is 292 g/mol. The molecule has 3 N–H and O–H groups in total. The van der Waals surface area contributed by atoms with E-state index in [2.05, 4.69) is 15.6 Å². The summed E-state index contributed by atoms with van der Waals surface area (Å²) < 4.78 is 1.66. The zero-order valence-electron chi connectivity index (χ0n) is 11.6. The predicted octanol–water partition coefficient (Wildman–Crippen LogP) is 0.477. The van der Waals surface area contributed by atoms with Gasteiger partial charge in [-0.2, -0.15) is 0 Å². The molecule has 2 aromatic rings. The normalized spacial score (nSPS) is 17.6. The van der Waals surface area contributed by atoms with E-state index < -0.39 is 0 Å². The first-order chi connectivity index (χ1) is 9.75. The molecule has 0 spiro atoms. The predicted molar refractivity (Wildman–Crippen MR) is 83.8 cm³/mol. The average molecular weight is 311 g/mol. The quantitative estimate of drug-likeness (QED) is 0.768. The van der Waals surface area contributed by atoms with Crippen LogP contribution in [-0.4, -0.2) is 35.1 Å². The Bertz CT molecular complexity index is 673. The first-order valence-electron chi connectivity index (χ1n) is 6.91. The van der Waals surface area contributed by atoms with Crippen molar-refractivity contribution in [3.63, 3.8) is 0 Å². The van der Waals surface area contributed by atoms with Crippen molar-refractivity contribution in [3.8, 4) is 0 Å². The van der Waals surface area contributed by atoms with Crippen LogP contribution in [0.4, 0.5) is 0 Å². The molecule has 0 bridgehead atoms. The molecule has 1 saturated heterocycles. The highest BCUT2D eigenvalue weighted by atomic mass is 35.5. The minimum Gasteiger partial charge on any atom is -0.354 e. The maximum atomic E-state index is 11.9. The number of rotatable bonds is 4.